The molecular formula is C20H20F2N4O. The summed E-state index contributed by atoms with van der Waals surface area (Å²) < 4.78 is 29.6. The molecule has 27 heavy (non-hydrogen) atoms. The number of nitrogens with one attached hydrogen (secondary N) is 2. The lowest BCUT2D eigenvalue weighted by Crippen LogP contribution is -2.36. The van der Waals surface area contributed by atoms with Gasteiger partial charge in [-0.05, 0) is 17.5 Å². The van der Waals surface area contributed by atoms with Crippen LogP contribution in [0.5, 0.6) is 5.75 Å². The molecule has 5 nitrogen and oxygen atoms in total. The number of benzene rings is 2. The minimum Gasteiger partial charge on any atom is -0.434 e. The molecule has 0 atom stereocenters. The van der Waals surface area contributed by atoms with Crippen LogP contribution in [0.3, 0.4) is 0 Å². The molecule has 0 unspecified atom stereocenters. The van der Waals surface area contributed by atoms with Crippen molar-refractivity contribution in [2.75, 3.05) is 7.05 Å². The number of alkyl halides is 2. The molecule has 7 heteroatoms. The maximum absolute atomic E-state index is 12.5. The van der Waals surface area contributed by atoms with Crippen LogP contribution >= 0.6 is 0 Å². The number of rotatable bonds is 6. The highest BCUT2D eigenvalue weighted by Crippen LogP contribution is 2.20. The zero-order chi connectivity index (χ0) is 19.1. The fourth-order valence-electron chi connectivity index (χ4n) is 2.75. The van der Waals surface area contributed by atoms with Crippen molar-refractivity contribution in [3.8, 4) is 5.75 Å². The molecule has 1 aromatic heterocycles. The summed E-state index contributed by atoms with van der Waals surface area (Å²) in [6, 6.07) is 16.6. The van der Waals surface area contributed by atoms with E-state index in [1.165, 1.54) is 6.07 Å². The molecular weight excluding hydrogens is 350 g/mol. The average Bonchev–Trinajstić information content (AvgIpc) is 2.69. The van der Waals surface area contributed by atoms with Gasteiger partial charge >= 0.3 is 6.61 Å². The Bertz CT molecular complexity index is 925. The Kier molecular flexibility index (Phi) is 6.14. The first kappa shape index (κ1) is 18.6. The Balaban J connectivity index is 1.64. The molecule has 0 aliphatic heterocycles. The van der Waals surface area contributed by atoms with Crippen LogP contribution in [0, 0.1) is 0 Å². The van der Waals surface area contributed by atoms with Gasteiger partial charge in [-0.2, -0.15) is 8.78 Å². The van der Waals surface area contributed by atoms with Gasteiger partial charge in [0.05, 0.1) is 12.2 Å². The van der Waals surface area contributed by atoms with Crippen LogP contribution in [0.4, 0.5) is 8.78 Å². The van der Waals surface area contributed by atoms with E-state index >= 15 is 0 Å². The van der Waals surface area contributed by atoms with Crippen molar-refractivity contribution in [2.24, 2.45) is 4.99 Å². The van der Waals surface area contributed by atoms with Gasteiger partial charge in [-0.1, -0.05) is 42.5 Å². The SMILES string of the molecule is CN=C(NCc1ccccc1OC(F)F)NCc1nccc2ccccc12. The van der Waals surface area contributed by atoms with E-state index in [1.807, 2.05) is 30.3 Å². The van der Waals surface area contributed by atoms with Crippen molar-refractivity contribution in [3.63, 3.8) is 0 Å². The number of nitrogens with zero attached hydrogens (tertiary/aromatic N) is 2. The van der Waals surface area contributed by atoms with E-state index in [-0.39, 0.29) is 5.75 Å². The fourth-order valence-corrected chi connectivity index (χ4v) is 2.75. The van der Waals surface area contributed by atoms with Gasteiger partial charge in [-0.25, -0.2) is 0 Å². The number of halogens is 2. The fraction of sp³-hybridized carbons (Fsp3) is 0.200. The first-order valence-corrected chi connectivity index (χ1v) is 8.47. The molecule has 0 bridgehead atoms. The van der Waals surface area contributed by atoms with Gasteiger partial charge in [0.15, 0.2) is 5.96 Å². The van der Waals surface area contributed by atoms with Crippen LogP contribution in [0.1, 0.15) is 11.3 Å². The number of guanidine groups is 1. The monoisotopic (exact) mass is 370 g/mol. The number of fused-ring (bicyclic) bond motifs is 1. The van der Waals surface area contributed by atoms with E-state index in [0.29, 0.717) is 24.6 Å². The van der Waals surface area contributed by atoms with E-state index < -0.39 is 6.61 Å². The highest BCUT2D eigenvalue weighted by atomic mass is 19.3. The van der Waals surface area contributed by atoms with E-state index in [0.717, 1.165) is 16.5 Å². The minimum absolute atomic E-state index is 0.145. The number of aromatic nitrogens is 1. The van der Waals surface area contributed by atoms with E-state index in [1.54, 1.807) is 31.4 Å². The first-order chi connectivity index (χ1) is 13.2. The van der Waals surface area contributed by atoms with Crippen molar-refractivity contribution < 1.29 is 13.5 Å². The third-order valence-electron chi connectivity index (χ3n) is 4.04. The molecule has 1 heterocycles. The van der Waals surface area contributed by atoms with Crippen LogP contribution in [0.25, 0.3) is 10.8 Å². The lowest BCUT2D eigenvalue weighted by Gasteiger charge is -2.15. The smallest absolute Gasteiger partial charge is 0.387 e. The Hall–Kier alpha value is -3.22. The van der Waals surface area contributed by atoms with E-state index in [9.17, 15) is 8.78 Å². The van der Waals surface area contributed by atoms with E-state index in [4.69, 9.17) is 0 Å². The topological polar surface area (TPSA) is 58.5 Å². The molecule has 2 N–H and O–H groups in total. The maximum atomic E-state index is 12.5. The summed E-state index contributed by atoms with van der Waals surface area (Å²) in [4.78, 5) is 8.60. The molecule has 3 rings (SSSR count). The number of aliphatic imine (C=N–C) groups is 1. The van der Waals surface area contributed by atoms with Gasteiger partial charge in [0, 0.05) is 30.7 Å². The Labute approximate surface area is 156 Å². The molecule has 2 aromatic carbocycles. The second-order valence-electron chi connectivity index (χ2n) is 5.74. The van der Waals surface area contributed by atoms with Crippen LogP contribution in [-0.2, 0) is 13.1 Å². The standard InChI is InChI=1S/C20H20F2N4O/c1-23-20(25-12-15-7-3-5-9-18(15)27-19(21)22)26-13-17-16-8-4-2-6-14(16)10-11-24-17/h2-11,19H,12-13H2,1H3,(H2,23,25,26). The van der Waals surface area contributed by atoms with E-state index in [2.05, 4.69) is 25.3 Å². The molecule has 0 fully saturated rings. The van der Waals surface area contributed by atoms with Gasteiger partial charge < -0.3 is 15.4 Å². The van der Waals surface area contributed by atoms with Crippen LogP contribution in [0.2, 0.25) is 0 Å². The highest BCUT2D eigenvalue weighted by molar-refractivity contribution is 5.85. The zero-order valence-electron chi connectivity index (χ0n) is 14.8. The molecule has 0 saturated carbocycles. The summed E-state index contributed by atoms with van der Waals surface area (Å²) in [6.45, 7) is -2.08. The van der Waals surface area contributed by atoms with Crippen LogP contribution < -0.4 is 15.4 Å². The molecule has 0 aliphatic rings. The van der Waals surface area contributed by atoms with Crippen molar-refractivity contribution in [2.45, 2.75) is 19.7 Å². The molecule has 140 valence electrons. The number of pyridine rings is 1. The quantitative estimate of drug-likeness (QED) is 0.513. The van der Waals surface area contributed by atoms with Gasteiger partial charge in [-0.3, -0.25) is 9.98 Å². The molecule has 0 aliphatic carbocycles. The normalized spacial score (nSPS) is 11.6. The molecule has 0 spiro atoms. The highest BCUT2D eigenvalue weighted by Gasteiger charge is 2.10. The predicted octanol–water partition coefficient (Wildman–Crippen LogP) is 3.70. The van der Waals surface area contributed by atoms with Crippen LogP contribution in [0.15, 0.2) is 65.8 Å². The number of hydrogen-bond acceptors (Lipinski definition) is 3. The summed E-state index contributed by atoms with van der Waals surface area (Å²) in [6.07, 6.45) is 1.77. The predicted molar refractivity (Wildman–Crippen MR) is 102 cm³/mol. The largest absolute Gasteiger partial charge is 0.434 e. The van der Waals surface area contributed by atoms with Gasteiger partial charge in [0.1, 0.15) is 5.75 Å². The molecule has 0 saturated heterocycles. The maximum Gasteiger partial charge on any atom is 0.387 e. The Morgan fingerprint density at radius 1 is 1.04 bits per heavy atom. The van der Waals surface area contributed by atoms with Gasteiger partial charge in [0.2, 0.25) is 0 Å². The number of ether oxygens (including phenoxy) is 1. The number of para-hydroxylation sites is 1. The summed E-state index contributed by atoms with van der Waals surface area (Å²) in [5.74, 6) is 0.683. The van der Waals surface area contributed by atoms with Crippen molar-refractivity contribution in [1.82, 2.24) is 15.6 Å². The lowest BCUT2D eigenvalue weighted by atomic mass is 10.1. The summed E-state index contributed by atoms with van der Waals surface area (Å²) >= 11 is 0. The third kappa shape index (κ3) is 4.91. The van der Waals surface area contributed by atoms with Gasteiger partial charge in [0.25, 0.3) is 0 Å². The van der Waals surface area contributed by atoms with Crippen LogP contribution in [-0.4, -0.2) is 24.6 Å². The molecule has 3 aromatic rings. The first-order valence-electron chi connectivity index (χ1n) is 8.47. The van der Waals surface area contributed by atoms with Crippen molar-refractivity contribution in [1.29, 1.82) is 0 Å². The molecule has 0 amide bonds. The Morgan fingerprint density at radius 2 is 1.78 bits per heavy atom. The molecule has 0 radical (unpaired) electrons. The van der Waals surface area contributed by atoms with Crippen molar-refractivity contribution in [3.05, 3.63) is 72.1 Å². The van der Waals surface area contributed by atoms with Gasteiger partial charge in [-0.15, -0.1) is 0 Å². The minimum atomic E-state index is -2.86. The third-order valence-corrected chi connectivity index (χ3v) is 4.04. The lowest BCUT2D eigenvalue weighted by molar-refractivity contribution is -0.0504. The second-order valence-corrected chi connectivity index (χ2v) is 5.74. The zero-order valence-corrected chi connectivity index (χ0v) is 14.8. The summed E-state index contributed by atoms with van der Waals surface area (Å²) in [5, 5.41) is 8.48. The van der Waals surface area contributed by atoms with Crippen molar-refractivity contribution >= 4 is 16.7 Å². The number of hydrogen-bond donors (Lipinski definition) is 2. The summed E-state index contributed by atoms with van der Waals surface area (Å²) in [7, 11) is 1.65. The average molecular weight is 370 g/mol. The summed E-state index contributed by atoms with van der Waals surface area (Å²) in [5.41, 5.74) is 1.52. The second kappa shape index (κ2) is 8.93. The Morgan fingerprint density at radius 3 is 2.59 bits per heavy atom.